The van der Waals surface area contributed by atoms with Crippen molar-refractivity contribution in [1.82, 2.24) is 38.7 Å². The molecule has 0 radical (unpaired) electrons. The molecule has 0 spiro atoms. The SMILES string of the molecule is CCn1nc(C)cc1C(=O)Cc1nc2cc(C(N)=O)cc(OCCCO)c2n1C/C=C/Cn1c2ccc(C(N)=O)cc2c2cc(F)c(-c3cc(C)nn3CC)nc21. The monoisotopic (exact) mass is 774 g/mol. The first-order chi connectivity index (χ1) is 27.4. The second kappa shape index (κ2) is 15.8. The van der Waals surface area contributed by atoms with Crippen LogP contribution in [0.2, 0.25) is 0 Å². The van der Waals surface area contributed by atoms with E-state index in [0.717, 1.165) is 5.69 Å². The first-order valence-corrected chi connectivity index (χ1v) is 18.7. The number of benzene rings is 2. The number of rotatable bonds is 16. The van der Waals surface area contributed by atoms with Crippen LogP contribution in [-0.2, 0) is 32.6 Å². The zero-order valence-electron chi connectivity index (χ0n) is 32.1. The summed E-state index contributed by atoms with van der Waals surface area (Å²) in [7, 11) is 0. The standard InChI is InChI=1S/C41H43FN10O5/c1-5-51-32(16-23(3)47-51)34(54)22-36-45-30-19-26(40(44)56)20-35(57-15-9-14-53)38(30)50(36)13-8-7-12-49-31-11-10-25(39(43)55)18-27(31)28-21-29(42)37(46-41(28)49)33-17-24(4)48-52(33)6-2/h7-8,10-11,16-21,53H,5-6,9,12-15,22H2,1-4H3,(H2,43,55)(H2,44,56)/b8-7+. The van der Waals surface area contributed by atoms with E-state index in [1.807, 2.05) is 49.0 Å². The Labute approximate surface area is 326 Å². The highest BCUT2D eigenvalue weighted by molar-refractivity contribution is 6.10. The van der Waals surface area contributed by atoms with Gasteiger partial charge in [0.15, 0.2) is 11.6 Å². The normalized spacial score (nSPS) is 11.8. The number of aryl methyl sites for hydroxylation is 4. The number of ether oxygens (including phenoxy) is 1. The number of allylic oxidation sites excluding steroid dienone is 2. The average Bonchev–Trinajstić information content (AvgIpc) is 3.94. The van der Waals surface area contributed by atoms with Gasteiger partial charge in [0.05, 0.1) is 41.1 Å². The molecule has 0 aliphatic carbocycles. The molecular formula is C41H43FN10O5. The van der Waals surface area contributed by atoms with Crippen molar-refractivity contribution in [2.24, 2.45) is 11.5 Å². The number of Topliss-reactive ketones (excluding diaryl/α,β-unsaturated/α-hetero) is 1. The van der Waals surface area contributed by atoms with Crippen LogP contribution in [0.5, 0.6) is 5.75 Å². The molecule has 2 aromatic carbocycles. The zero-order valence-corrected chi connectivity index (χ0v) is 32.1. The molecule has 0 atom stereocenters. The Bertz CT molecular complexity index is 2740. The smallest absolute Gasteiger partial charge is 0.248 e. The van der Waals surface area contributed by atoms with Crippen molar-refractivity contribution >= 4 is 50.6 Å². The number of ketones is 1. The van der Waals surface area contributed by atoms with Gasteiger partial charge >= 0.3 is 0 Å². The molecule has 0 saturated heterocycles. The maximum Gasteiger partial charge on any atom is 0.248 e. The lowest BCUT2D eigenvalue weighted by atomic mass is 10.1. The van der Waals surface area contributed by atoms with Gasteiger partial charge in [0, 0.05) is 61.1 Å². The van der Waals surface area contributed by atoms with Gasteiger partial charge in [-0.05, 0) is 76.2 Å². The van der Waals surface area contributed by atoms with Crippen molar-refractivity contribution in [2.75, 3.05) is 13.2 Å². The first kappa shape index (κ1) is 38.6. The molecule has 0 bridgehead atoms. The fourth-order valence-corrected chi connectivity index (χ4v) is 7.19. The number of hydrogen-bond donors (Lipinski definition) is 3. The number of amides is 2. The van der Waals surface area contributed by atoms with Gasteiger partial charge in [0.25, 0.3) is 0 Å². The molecule has 5 heterocycles. The summed E-state index contributed by atoms with van der Waals surface area (Å²) < 4.78 is 29.1. The third kappa shape index (κ3) is 7.38. The third-order valence-corrected chi connectivity index (χ3v) is 9.80. The highest BCUT2D eigenvalue weighted by Crippen LogP contribution is 2.34. The van der Waals surface area contributed by atoms with Gasteiger partial charge in [-0.2, -0.15) is 10.2 Å². The number of fused-ring (bicyclic) bond motifs is 4. The molecule has 5 aromatic heterocycles. The maximum atomic E-state index is 15.9. The van der Waals surface area contributed by atoms with Crippen LogP contribution in [0.25, 0.3) is 44.4 Å². The largest absolute Gasteiger partial charge is 0.491 e. The van der Waals surface area contributed by atoms with Crippen LogP contribution >= 0.6 is 0 Å². The molecule has 0 aliphatic rings. The predicted octanol–water partition coefficient (Wildman–Crippen LogP) is 5.04. The van der Waals surface area contributed by atoms with Gasteiger partial charge in [0.1, 0.15) is 34.1 Å². The fraction of sp³-hybridized carbons (Fsp3) is 0.293. The number of hydrogen-bond acceptors (Lipinski definition) is 9. The van der Waals surface area contributed by atoms with Crippen molar-refractivity contribution in [3.8, 4) is 17.1 Å². The van der Waals surface area contributed by atoms with Gasteiger partial charge in [-0.1, -0.05) is 12.2 Å². The summed E-state index contributed by atoms with van der Waals surface area (Å²) in [5.41, 5.74) is 16.5. The first-order valence-electron chi connectivity index (χ1n) is 18.7. The lowest BCUT2D eigenvalue weighted by molar-refractivity contribution is 0.0975. The Morgan fingerprint density at radius 2 is 1.54 bits per heavy atom. The number of primary amides is 2. The number of imidazole rings is 1. The molecule has 7 rings (SSSR count). The summed E-state index contributed by atoms with van der Waals surface area (Å²) in [5.74, 6) is -1.24. The molecular weight excluding hydrogens is 732 g/mol. The molecule has 294 valence electrons. The number of aliphatic hydroxyl groups excluding tert-OH is 1. The molecule has 0 aliphatic heterocycles. The van der Waals surface area contributed by atoms with Gasteiger partial charge < -0.3 is 30.4 Å². The number of aliphatic hydroxyl groups is 1. The van der Waals surface area contributed by atoms with E-state index in [4.69, 9.17) is 26.2 Å². The van der Waals surface area contributed by atoms with E-state index >= 15 is 4.39 Å². The van der Waals surface area contributed by atoms with Crippen LogP contribution in [-0.4, -0.2) is 74.6 Å². The average molecular weight is 775 g/mol. The molecule has 5 N–H and O–H groups in total. The van der Waals surface area contributed by atoms with Gasteiger partial charge in [-0.15, -0.1) is 0 Å². The minimum absolute atomic E-state index is 0.0726. The van der Waals surface area contributed by atoms with Crippen molar-refractivity contribution in [3.63, 3.8) is 0 Å². The van der Waals surface area contributed by atoms with E-state index in [-0.39, 0.29) is 48.8 Å². The van der Waals surface area contributed by atoms with E-state index in [1.54, 1.807) is 45.8 Å². The predicted molar refractivity (Wildman–Crippen MR) is 213 cm³/mol. The number of carbonyl (C=O) groups is 3. The Morgan fingerprint density at radius 1 is 0.842 bits per heavy atom. The summed E-state index contributed by atoms with van der Waals surface area (Å²) in [4.78, 5) is 47.9. The van der Waals surface area contributed by atoms with Crippen molar-refractivity contribution in [2.45, 2.75) is 66.7 Å². The topological polar surface area (TPSA) is 204 Å². The van der Waals surface area contributed by atoms with Gasteiger partial charge in [0.2, 0.25) is 11.8 Å². The molecule has 7 aromatic rings. The summed E-state index contributed by atoms with van der Waals surface area (Å²) in [6, 6.07) is 13.1. The molecule has 0 fully saturated rings. The van der Waals surface area contributed by atoms with Crippen LogP contribution in [0.15, 0.2) is 60.7 Å². The number of carbonyl (C=O) groups excluding carboxylic acids is 3. The number of pyridine rings is 1. The highest BCUT2D eigenvalue weighted by Gasteiger charge is 2.23. The summed E-state index contributed by atoms with van der Waals surface area (Å²) in [5, 5.41) is 19.5. The number of aromatic nitrogens is 8. The molecule has 15 nitrogen and oxygen atoms in total. The second-order valence-corrected chi connectivity index (χ2v) is 13.7. The Hall–Kier alpha value is -6.68. The summed E-state index contributed by atoms with van der Waals surface area (Å²) in [6.45, 7) is 9.13. The maximum absolute atomic E-state index is 15.9. The van der Waals surface area contributed by atoms with Crippen molar-refractivity contribution < 1.29 is 28.6 Å². The van der Waals surface area contributed by atoms with Crippen LogP contribution in [0.4, 0.5) is 4.39 Å². The molecule has 0 unspecified atom stereocenters. The minimum atomic E-state index is -0.668. The Kier molecular flexibility index (Phi) is 10.7. The number of nitrogens with two attached hydrogens (primary N) is 2. The van der Waals surface area contributed by atoms with E-state index in [2.05, 4.69) is 10.2 Å². The van der Waals surface area contributed by atoms with Crippen LogP contribution < -0.4 is 16.2 Å². The number of nitrogens with zero attached hydrogens (tertiary/aromatic N) is 8. The van der Waals surface area contributed by atoms with E-state index in [0.29, 0.717) is 87.7 Å². The Morgan fingerprint density at radius 3 is 2.25 bits per heavy atom. The molecule has 2 amide bonds. The lowest BCUT2D eigenvalue weighted by Crippen LogP contribution is -2.15. The lowest BCUT2D eigenvalue weighted by Gasteiger charge is -2.12. The van der Waals surface area contributed by atoms with E-state index in [1.165, 1.54) is 12.1 Å². The summed E-state index contributed by atoms with van der Waals surface area (Å²) in [6.07, 6.45) is 4.10. The van der Waals surface area contributed by atoms with Crippen molar-refractivity contribution in [1.29, 1.82) is 0 Å². The quantitative estimate of drug-likeness (QED) is 0.0683. The molecule has 16 heteroatoms. The third-order valence-electron chi connectivity index (χ3n) is 9.80. The van der Waals surface area contributed by atoms with E-state index in [9.17, 15) is 19.5 Å². The minimum Gasteiger partial charge on any atom is -0.491 e. The fourth-order valence-electron chi connectivity index (χ4n) is 7.19. The van der Waals surface area contributed by atoms with Gasteiger partial charge in [-0.25, -0.2) is 14.4 Å². The Balaban J connectivity index is 1.32. The molecule has 0 saturated carbocycles. The van der Waals surface area contributed by atoms with Crippen molar-refractivity contribution in [3.05, 3.63) is 101 Å². The highest BCUT2D eigenvalue weighted by atomic mass is 19.1. The summed E-state index contributed by atoms with van der Waals surface area (Å²) >= 11 is 0. The van der Waals surface area contributed by atoms with Crippen LogP contribution in [0.1, 0.15) is 68.7 Å². The molecule has 57 heavy (non-hydrogen) atoms. The second-order valence-electron chi connectivity index (χ2n) is 13.7. The van der Waals surface area contributed by atoms with Gasteiger partial charge in [-0.3, -0.25) is 23.7 Å². The van der Waals surface area contributed by atoms with E-state index < -0.39 is 17.6 Å². The van der Waals surface area contributed by atoms with Crippen LogP contribution in [0.3, 0.4) is 0 Å². The number of halogens is 1. The zero-order chi connectivity index (χ0) is 40.5. The van der Waals surface area contributed by atoms with Crippen LogP contribution in [0, 0.1) is 19.7 Å².